The normalized spacial score (nSPS) is 20.9. The number of benzene rings is 2. The molecule has 0 bridgehead atoms. The third-order valence-corrected chi connectivity index (χ3v) is 7.71. The Bertz CT molecular complexity index is 1080. The van der Waals surface area contributed by atoms with Gasteiger partial charge in [0.15, 0.2) is 0 Å². The molecule has 6 nitrogen and oxygen atoms in total. The lowest BCUT2D eigenvalue weighted by Crippen LogP contribution is -2.44. The van der Waals surface area contributed by atoms with Crippen molar-refractivity contribution in [3.63, 3.8) is 0 Å². The molecule has 1 N–H and O–H groups in total. The molecule has 2 fully saturated rings. The van der Waals surface area contributed by atoms with E-state index in [0.29, 0.717) is 59.7 Å². The SMILES string of the molecule is CC(=O)N1CCC(C(=O)N2C[C@@H](NC(=O)c3ccc(Cl)cc3)[C@H](c3ccc(Cl)c(Cl)c3)C2)CC1. The van der Waals surface area contributed by atoms with Gasteiger partial charge in [-0.05, 0) is 54.8 Å². The molecule has 9 heteroatoms. The van der Waals surface area contributed by atoms with E-state index < -0.39 is 0 Å². The fraction of sp³-hybridized carbons (Fsp3) is 0.400. The second-order valence-corrected chi connectivity index (χ2v) is 10.1. The van der Waals surface area contributed by atoms with Crippen LogP contribution in [0.2, 0.25) is 15.1 Å². The second-order valence-electron chi connectivity index (χ2n) is 8.89. The minimum absolute atomic E-state index is 0.0386. The predicted octanol–water partition coefficient (Wildman–Crippen LogP) is 4.63. The van der Waals surface area contributed by atoms with Crippen molar-refractivity contribution in [1.82, 2.24) is 15.1 Å². The monoisotopic (exact) mass is 521 g/mol. The predicted molar refractivity (Wildman–Crippen MR) is 133 cm³/mol. The summed E-state index contributed by atoms with van der Waals surface area (Å²) in [5.74, 6) is -0.382. The van der Waals surface area contributed by atoms with Crippen LogP contribution in [-0.4, -0.2) is 59.7 Å². The number of piperidine rings is 1. The molecule has 2 heterocycles. The van der Waals surface area contributed by atoms with Gasteiger partial charge in [-0.15, -0.1) is 0 Å². The maximum atomic E-state index is 13.4. The third kappa shape index (κ3) is 5.51. The smallest absolute Gasteiger partial charge is 0.251 e. The summed E-state index contributed by atoms with van der Waals surface area (Å²) in [6.45, 7) is 3.60. The van der Waals surface area contributed by atoms with E-state index in [-0.39, 0.29) is 35.6 Å². The Hall–Kier alpha value is -2.28. The number of halogens is 3. The van der Waals surface area contributed by atoms with Crippen molar-refractivity contribution in [3.05, 3.63) is 68.7 Å². The van der Waals surface area contributed by atoms with Gasteiger partial charge < -0.3 is 15.1 Å². The van der Waals surface area contributed by atoms with E-state index in [2.05, 4.69) is 5.32 Å². The van der Waals surface area contributed by atoms with Crippen LogP contribution in [0.3, 0.4) is 0 Å². The summed E-state index contributed by atoms with van der Waals surface area (Å²) in [4.78, 5) is 41.5. The van der Waals surface area contributed by atoms with Gasteiger partial charge in [-0.2, -0.15) is 0 Å². The van der Waals surface area contributed by atoms with Gasteiger partial charge in [-0.1, -0.05) is 40.9 Å². The highest BCUT2D eigenvalue weighted by Gasteiger charge is 2.40. The van der Waals surface area contributed by atoms with Crippen molar-refractivity contribution in [2.75, 3.05) is 26.2 Å². The first kappa shape index (κ1) is 24.8. The Labute approximate surface area is 214 Å². The van der Waals surface area contributed by atoms with Crippen LogP contribution in [-0.2, 0) is 9.59 Å². The molecule has 0 unspecified atom stereocenters. The topological polar surface area (TPSA) is 69.7 Å². The van der Waals surface area contributed by atoms with Crippen molar-refractivity contribution in [1.29, 1.82) is 0 Å². The molecule has 0 aliphatic carbocycles. The number of hydrogen-bond donors (Lipinski definition) is 1. The number of rotatable bonds is 4. The van der Waals surface area contributed by atoms with Crippen LogP contribution in [0.25, 0.3) is 0 Å². The average Bonchev–Trinajstić information content (AvgIpc) is 3.24. The van der Waals surface area contributed by atoms with Crippen LogP contribution in [0.1, 0.15) is 41.6 Å². The Morgan fingerprint density at radius 2 is 1.56 bits per heavy atom. The Morgan fingerprint density at radius 1 is 0.882 bits per heavy atom. The quantitative estimate of drug-likeness (QED) is 0.636. The minimum atomic E-state index is -0.290. The van der Waals surface area contributed by atoms with Crippen molar-refractivity contribution < 1.29 is 14.4 Å². The number of hydrogen-bond acceptors (Lipinski definition) is 3. The zero-order valence-corrected chi connectivity index (χ0v) is 21.0. The van der Waals surface area contributed by atoms with Crippen molar-refractivity contribution in [2.24, 2.45) is 5.92 Å². The highest BCUT2D eigenvalue weighted by molar-refractivity contribution is 6.42. The number of carbonyl (C=O) groups is 3. The second kappa shape index (κ2) is 10.5. The van der Waals surface area contributed by atoms with E-state index in [4.69, 9.17) is 34.8 Å². The first-order valence-electron chi connectivity index (χ1n) is 11.3. The van der Waals surface area contributed by atoms with E-state index in [0.717, 1.165) is 5.56 Å². The highest BCUT2D eigenvalue weighted by Crippen LogP contribution is 2.34. The van der Waals surface area contributed by atoms with Crippen LogP contribution >= 0.6 is 34.8 Å². The molecule has 0 aromatic heterocycles. The van der Waals surface area contributed by atoms with Crippen molar-refractivity contribution in [3.8, 4) is 0 Å². The van der Waals surface area contributed by atoms with Crippen LogP contribution in [0.15, 0.2) is 42.5 Å². The molecule has 4 rings (SSSR count). The molecule has 34 heavy (non-hydrogen) atoms. The van der Waals surface area contributed by atoms with Crippen LogP contribution in [0, 0.1) is 5.92 Å². The standard InChI is InChI=1S/C25H26Cl3N3O3/c1-15(32)30-10-8-17(9-11-30)25(34)31-13-20(18-4-7-21(27)22(28)12-18)23(14-31)29-24(33)16-2-5-19(26)6-3-16/h2-7,12,17,20,23H,8-11,13-14H2,1H3,(H,29,33)/t20-,23+/m0/s1. The number of nitrogens with one attached hydrogen (secondary N) is 1. The number of amides is 3. The molecule has 0 spiro atoms. The van der Waals surface area contributed by atoms with Gasteiger partial charge >= 0.3 is 0 Å². The molecule has 2 aromatic carbocycles. The number of carbonyl (C=O) groups excluding carboxylic acids is 3. The molecule has 180 valence electrons. The Kier molecular flexibility index (Phi) is 7.70. The fourth-order valence-corrected chi connectivity index (χ4v) is 5.20. The van der Waals surface area contributed by atoms with Gasteiger partial charge in [-0.25, -0.2) is 0 Å². The molecule has 0 radical (unpaired) electrons. The van der Waals surface area contributed by atoms with E-state index in [1.165, 1.54) is 0 Å². The lowest BCUT2D eigenvalue weighted by Gasteiger charge is -2.32. The largest absolute Gasteiger partial charge is 0.347 e. The number of likely N-dealkylation sites (tertiary alicyclic amines) is 2. The van der Waals surface area contributed by atoms with Gasteiger partial charge in [0.05, 0.1) is 16.1 Å². The lowest BCUT2D eigenvalue weighted by molar-refractivity contribution is -0.139. The minimum Gasteiger partial charge on any atom is -0.347 e. The summed E-state index contributed by atoms with van der Waals surface area (Å²) in [7, 11) is 0. The summed E-state index contributed by atoms with van der Waals surface area (Å²) in [5.41, 5.74) is 1.41. The molecule has 2 atom stereocenters. The maximum absolute atomic E-state index is 13.4. The van der Waals surface area contributed by atoms with Crippen LogP contribution < -0.4 is 5.32 Å². The summed E-state index contributed by atoms with van der Waals surface area (Å²) in [5, 5.41) is 4.54. The first-order chi connectivity index (χ1) is 16.2. The first-order valence-corrected chi connectivity index (χ1v) is 12.4. The molecule has 2 aliphatic rings. The molecular weight excluding hydrogens is 497 g/mol. The maximum Gasteiger partial charge on any atom is 0.251 e. The third-order valence-electron chi connectivity index (χ3n) is 6.72. The van der Waals surface area contributed by atoms with Crippen LogP contribution in [0.4, 0.5) is 0 Å². The fourth-order valence-electron chi connectivity index (χ4n) is 4.76. The molecule has 2 saturated heterocycles. The Morgan fingerprint density at radius 3 is 2.18 bits per heavy atom. The number of nitrogens with zero attached hydrogens (tertiary/aromatic N) is 2. The zero-order chi connectivity index (χ0) is 24.4. The molecule has 2 aromatic rings. The van der Waals surface area contributed by atoms with Gasteiger partial charge in [0, 0.05) is 55.5 Å². The summed E-state index contributed by atoms with van der Waals surface area (Å²) in [6.07, 6.45) is 1.29. The van der Waals surface area contributed by atoms with Gasteiger partial charge in [-0.3, -0.25) is 14.4 Å². The Balaban J connectivity index is 1.52. The summed E-state index contributed by atoms with van der Waals surface area (Å²) < 4.78 is 0. The lowest BCUT2D eigenvalue weighted by atomic mass is 9.94. The highest BCUT2D eigenvalue weighted by atomic mass is 35.5. The summed E-state index contributed by atoms with van der Waals surface area (Å²) >= 11 is 18.3. The molecule has 2 aliphatic heterocycles. The van der Waals surface area contributed by atoms with E-state index in [1.54, 1.807) is 48.2 Å². The van der Waals surface area contributed by atoms with Gasteiger partial charge in [0.2, 0.25) is 11.8 Å². The zero-order valence-electron chi connectivity index (χ0n) is 18.8. The van der Waals surface area contributed by atoms with E-state index in [1.807, 2.05) is 11.0 Å². The van der Waals surface area contributed by atoms with Crippen molar-refractivity contribution in [2.45, 2.75) is 31.7 Å². The van der Waals surface area contributed by atoms with E-state index >= 15 is 0 Å². The van der Waals surface area contributed by atoms with Crippen molar-refractivity contribution >= 4 is 52.5 Å². The summed E-state index contributed by atoms with van der Waals surface area (Å²) in [6, 6.07) is 11.8. The molecule has 3 amide bonds. The molecular formula is C25H26Cl3N3O3. The van der Waals surface area contributed by atoms with E-state index in [9.17, 15) is 14.4 Å². The van der Waals surface area contributed by atoms with Gasteiger partial charge in [0.25, 0.3) is 5.91 Å². The average molecular weight is 523 g/mol. The van der Waals surface area contributed by atoms with Crippen LogP contribution in [0.5, 0.6) is 0 Å². The van der Waals surface area contributed by atoms with Gasteiger partial charge in [0.1, 0.15) is 0 Å². The molecule has 0 saturated carbocycles.